The molecule has 0 radical (unpaired) electrons. The Balaban J connectivity index is 2.42. The third-order valence-corrected chi connectivity index (χ3v) is 2.43. The van der Waals surface area contributed by atoms with Crippen LogP contribution in [0.25, 0.3) is 0 Å². The van der Waals surface area contributed by atoms with Gasteiger partial charge in [-0.2, -0.15) is 0 Å². The molecule has 1 aromatic carbocycles. The molecular formula is C12H19NO2. The van der Waals surface area contributed by atoms with Crippen LogP contribution in [0.15, 0.2) is 24.3 Å². The summed E-state index contributed by atoms with van der Waals surface area (Å²) in [6, 6.07) is 7.82. The van der Waals surface area contributed by atoms with Crippen LogP contribution in [0.1, 0.15) is 18.9 Å². The molecule has 1 atom stereocenters. The second kappa shape index (κ2) is 5.14. The number of benzene rings is 1. The molecule has 0 aliphatic carbocycles. The van der Waals surface area contributed by atoms with Gasteiger partial charge >= 0.3 is 0 Å². The van der Waals surface area contributed by atoms with Gasteiger partial charge in [0.15, 0.2) is 0 Å². The van der Waals surface area contributed by atoms with Crippen LogP contribution in [0.2, 0.25) is 0 Å². The van der Waals surface area contributed by atoms with E-state index in [0.29, 0.717) is 13.0 Å². The maximum absolute atomic E-state index is 9.67. The minimum Gasteiger partial charge on any atom is -0.493 e. The zero-order valence-corrected chi connectivity index (χ0v) is 9.36. The molecule has 1 unspecified atom stereocenters. The van der Waals surface area contributed by atoms with Crippen molar-refractivity contribution in [2.24, 2.45) is 5.73 Å². The Bertz CT molecular complexity index is 310. The third-order valence-electron chi connectivity index (χ3n) is 2.43. The van der Waals surface area contributed by atoms with E-state index in [9.17, 15) is 5.11 Å². The number of para-hydroxylation sites is 1. The number of hydrogen-bond acceptors (Lipinski definition) is 3. The standard InChI is InChI=1S/C12H19NO2/c1-10-5-3-4-6-11(10)15-8-7-12(2,14)9-13/h3-6,14H,7-9,13H2,1-2H3. The number of aliphatic hydroxyl groups is 1. The fourth-order valence-corrected chi connectivity index (χ4v) is 1.20. The lowest BCUT2D eigenvalue weighted by molar-refractivity contribution is 0.0452. The molecule has 0 bridgehead atoms. The highest BCUT2D eigenvalue weighted by molar-refractivity contribution is 5.31. The van der Waals surface area contributed by atoms with E-state index in [1.807, 2.05) is 31.2 Å². The maximum Gasteiger partial charge on any atom is 0.122 e. The molecule has 0 aliphatic rings. The van der Waals surface area contributed by atoms with Crippen LogP contribution in [0.5, 0.6) is 5.75 Å². The van der Waals surface area contributed by atoms with Crippen molar-refractivity contribution in [1.82, 2.24) is 0 Å². The summed E-state index contributed by atoms with van der Waals surface area (Å²) in [4.78, 5) is 0. The largest absolute Gasteiger partial charge is 0.493 e. The Morgan fingerprint density at radius 1 is 1.40 bits per heavy atom. The zero-order valence-electron chi connectivity index (χ0n) is 9.36. The first-order valence-corrected chi connectivity index (χ1v) is 5.16. The van der Waals surface area contributed by atoms with Crippen molar-refractivity contribution in [2.75, 3.05) is 13.2 Å². The summed E-state index contributed by atoms with van der Waals surface area (Å²) in [5.41, 5.74) is 5.68. The van der Waals surface area contributed by atoms with Crippen molar-refractivity contribution in [3.05, 3.63) is 29.8 Å². The molecule has 15 heavy (non-hydrogen) atoms. The highest BCUT2D eigenvalue weighted by Crippen LogP contribution is 2.17. The molecule has 0 saturated heterocycles. The first-order valence-electron chi connectivity index (χ1n) is 5.16. The summed E-state index contributed by atoms with van der Waals surface area (Å²) in [6.45, 7) is 4.45. The molecule has 0 aromatic heterocycles. The van der Waals surface area contributed by atoms with Crippen molar-refractivity contribution in [1.29, 1.82) is 0 Å². The van der Waals surface area contributed by atoms with E-state index in [4.69, 9.17) is 10.5 Å². The molecule has 3 heteroatoms. The number of hydrogen-bond donors (Lipinski definition) is 2. The fraction of sp³-hybridized carbons (Fsp3) is 0.500. The monoisotopic (exact) mass is 209 g/mol. The van der Waals surface area contributed by atoms with E-state index in [1.54, 1.807) is 6.92 Å². The molecule has 3 N–H and O–H groups in total. The van der Waals surface area contributed by atoms with E-state index in [2.05, 4.69) is 0 Å². The minimum absolute atomic E-state index is 0.254. The Kier molecular flexibility index (Phi) is 4.12. The average molecular weight is 209 g/mol. The molecule has 0 fully saturated rings. The van der Waals surface area contributed by atoms with Crippen molar-refractivity contribution >= 4 is 0 Å². The van der Waals surface area contributed by atoms with E-state index in [1.165, 1.54) is 0 Å². The lowest BCUT2D eigenvalue weighted by atomic mass is 10.0. The van der Waals surface area contributed by atoms with E-state index >= 15 is 0 Å². The van der Waals surface area contributed by atoms with E-state index in [0.717, 1.165) is 11.3 Å². The smallest absolute Gasteiger partial charge is 0.122 e. The molecule has 0 amide bonds. The van der Waals surface area contributed by atoms with Gasteiger partial charge in [-0.15, -0.1) is 0 Å². The number of rotatable bonds is 5. The summed E-state index contributed by atoms with van der Waals surface area (Å²) in [5, 5.41) is 9.67. The molecule has 1 rings (SSSR count). The van der Waals surface area contributed by atoms with Gasteiger partial charge in [-0.1, -0.05) is 18.2 Å². The Morgan fingerprint density at radius 3 is 2.67 bits per heavy atom. The topological polar surface area (TPSA) is 55.5 Å². The highest BCUT2D eigenvalue weighted by Gasteiger charge is 2.17. The minimum atomic E-state index is -0.831. The number of aryl methyl sites for hydroxylation is 1. The Labute approximate surface area is 90.9 Å². The molecule has 0 saturated carbocycles. The normalized spacial score (nSPS) is 14.7. The predicted octanol–water partition coefficient (Wildman–Crippen LogP) is 1.47. The average Bonchev–Trinajstić information content (AvgIpc) is 2.21. The maximum atomic E-state index is 9.67. The third kappa shape index (κ3) is 3.90. The van der Waals surface area contributed by atoms with Gasteiger partial charge in [-0.25, -0.2) is 0 Å². The lowest BCUT2D eigenvalue weighted by Gasteiger charge is -2.21. The zero-order chi connectivity index (χ0) is 11.3. The van der Waals surface area contributed by atoms with Crippen LogP contribution in [-0.2, 0) is 0 Å². The van der Waals surface area contributed by atoms with Gasteiger partial charge in [0.2, 0.25) is 0 Å². The van der Waals surface area contributed by atoms with Gasteiger partial charge < -0.3 is 15.6 Å². The second-order valence-corrected chi connectivity index (χ2v) is 4.07. The summed E-state index contributed by atoms with van der Waals surface area (Å²) in [6.07, 6.45) is 0.540. The SMILES string of the molecule is Cc1ccccc1OCCC(C)(O)CN. The van der Waals surface area contributed by atoms with Crippen LogP contribution in [-0.4, -0.2) is 23.9 Å². The van der Waals surface area contributed by atoms with Crippen molar-refractivity contribution < 1.29 is 9.84 Å². The second-order valence-electron chi connectivity index (χ2n) is 4.07. The molecular weight excluding hydrogens is 190 g/mol. The molecule has 0 heterocycles. The Hall–Kier alpha value is -1.06. The Morgan fingerprint density at radius 2 is 2.07 bits per heavy atom. The van der Waals surface area contributed by atoms with Crippen LogP contribution in [0.3, 0.4) is 0 Å². The molecule has 3 nitrogen and oxygen atoms in total. The highest BCUT2D eigenvalue weighted by atomic mass is 16.5. The van der Waals surface area contributed by atoms with Gasteiger partial charge in [0.25, 0.3) is 0 Å². The molecule has 0 aliphatic heterocycles. The number of nitrogens with two attached hydrogens (primary N) is 1. The molecule has 84 valence electrons. The van der Waals surface area contributed by atoms with Crippen molar-refractivity contribution in [2.45, 2.75) is 25.9 Å². The molecule has 0 spiro atoms. The van der Waals surface area contributed by atoms with Gasteiger partial charge in [-0.3, -0.25) is 0 Å². The quantitative estimate of drug-likeness (QED) is 0.772. The van der Waals surface area contributed by atoms with Gasteiger partial charge in [-0.05, 0) is 25.5 Å². The first-order chi connectivity index (χ1) is 7.05. The number of ether oxygens (including phenoxy) is 1. The van der Waals surface area contributed by atoms with Crippen molar-refractivity contribution in [3.8, 4) is 5.75 Å². The fourth-order valence-electron chi connectivity index (χ4n) is 1.20. The van der Waals surface area contributed by atoms with Gasteiger partial charge in [0.1, 0.15) is 5.75 Å². The van der Waals surface area contributed by atoms with Crippen LogP contribution in [0, 0.1) is 6.92 Å². The summed E-state index contributed by atoms with van der Waals surface area (Å²) < 4.78 is 5.56. The molecule has 1 aromatic rings. The van der Waals surface area contributed by atoms with Crippen LogP contribution in [0.4, 0.5) is 0 Å². The van der Waals surface area contributed by atoms with Gasteiger partial charge in [0, 0.05) is 13.0 Å². The van der Waals surface area contributed by atoms with Crippen molar-refractivity contribution in [3.63, 3.8) is 0 Å². The lowest BCUT2D eigenvalue weighted by Crippen LogP contribution is -2.35. The van der Waals surface area contributed by atoms with E-state index < -0.39 is 5.60 Å². The van der Waals surface area contributed by atoms with E-state index in [-0.39, 0.29) is 6.54 Å². The predicted molar refractivity (Wildman–Crippen MR) is 61.0 cm³/mol. The summed E-state index contributed by atoms with van der Waals surface area (Å²) in [5.74, 6) is 0.866. The van der Waals surface area contributed by atoms with Gasteiger partial charge in [0.05, 0.1) is 12.2 Å². The van der Waals surface area contributed by atoms with Crippen LogP contribution >= 0.6 is 0 Å². The van der Waals surface area contributed by atoms with Crippen LogP contribution < -0.4 is 10.5 Å². The summed E-state index contributed by atoms with van der Waals surface area (Å²) >= 11 is 0. The first kappa shape index (κ1) is 12.0. The summed E-state index contributed by atoms with van der Waals surface area (Å²) in [7, 11) is 0.